The number of hydrogen-bond donors (Lipinski definition) is 1. The van der Waals surface area contributed by atoms with Crippen LogP contribution in [-0.4, -0.2) is 10.1 Å². The zero-order valence-corrected chi connectivity index (χ0v) is 11.3. The monoisotopic (exact) mass is 271 g/mol. The van der Waals surface area contributed by atoms with Crippen molar-refractivity contribution in [3.8, 4) is 21.8 Å². The number of hydrogen-bond acceptors (Lipinski definition) is 5. The molecule has 0 unspecified atom stereocenters. The van der Waals surface area contributed by atoms with E-state index in [4.69, 9.17) is 10.3 Å². The third-order valence-corrected chi connectivity index (χ3v) is 4.13. The van der Waals surface area contributed by atoms with Crippen molar-refractivity contribution in [2.75, 3.05) is 5.73 Å². The molecule has 0 spiro atoms. The lowest BCUT2D eigenvalue weighted by atomic mass is 10.1. The van der Waals surface area contributed by atoms with Crippen LogP contribution in [0.25, 0.3) is 21.8 Å². The van der Waals surface area contributed by atoms with Gasteiger partial charge in [-0.15, -0.1) is 11.3 Å². The molecular weight excluding hydrogens is 258 g/mol. The van der Waals surface area contributed by atoms with Gasteiger partial charge in [0.15, 0.2) is 11.6 Å². The van der Waals surface area contributed by atoms with Crippen molar-refractivity contribution in [2.45, 2.75) is 13.3 Å². The van der Waals surface area contributed by atoms with Crippen molar-refractivity contribution in [1.82, 2.24) is 10.1 Å². The predicted molar refractivity (Wildman–Crippen MR) is 76.8 cm³/mol. The number of nitrogens with zero attached hydrogens (tertiary/aromatic N) is 2. The molecule has 4 nitrogen and oxygen atoms in total. The van der Waals surface area contributed by atoms with E-state index in [1.54, 1.807) is 23.7 Å². The average Bonchev–Trinajstić information content (AvgIpc) is 3.05. The van der Waals surface area contributed by atoms with E-state index in [1.807, 2.05) is 18.2 Å². The molecule has 0 saturated heterocycles. The van der Waals surface area contributed by atoms with E-state index in [0.29, 0.717) is 5.82 Å². The van der Waals surface area contributed by atoms with Crippen molar-refractivity contribution < 1.29 is 4.52 Å². The van der Waals surface area contributed by atoms with Gasteiger partial charge in [-0.25, -0.2) is 0 Å². The Morgan fingerprint density at radius 2 is 2.21 bits per heavy atom. The van der Waals surface area contributed by atoms with Crippen LogP contribution in [-0.2, 0) is 6.42 Å². The summed E-state index contributed by atoms with van der Waals surface area (Å²) in [7, 11) is 0. The molecule has 0 fully saturated rings. The van der Waals surface area contributed by atoms with Gasteiger partial charge in [0.25, 0.3) is 0 Å². The molecule has 0 aliphatic carbocycles. The van der Waals surface area contributed by atoms with Gasteiger partial charge in [0, 0.05) is 22.8 Å². The summed E-state index contributed by atoms with van der Waals surface area (Å²) < 4.78 is 5.40. The molecule has 2 N–H and O–H groups in total. The molecule has 3 heterocycles. The molecule has 0 aromatic carbocycles. The van der Waals surface area contributed by atoms with Gasteiger partial charge in [-0.1, -0.05) is 18.1 Å². The van der Waals surface area contributed by atoms with Crippen LogP contribution in [0.1, 0.15) is 11.8 Å². The summed E-state index contributed by atoms with van der Waals surface area (Å²) in [6, 6.07) is 7.97. The van der Waals surface area contributed by atoms with Crippen LogP contribution in [0.15, 0.2) is 41.2 Å². The van der Waals surface area contributed by atoms with Crippen LogP contribution in [0.5, 0.6) is 0 Å². The second kappa shape index (κ2) is 4.85. The summed E-state index contributed by atoms with van der Waals surface area (Å²) in [6.45, 7) is 2.13. The van der Waals surface area contributed by atoms with Crippen molar-refractivity contribution in [1.29, 1.82) is 0 Å². The maximum absolute atomic E-state index is 5.92. The van der Waals surface area contributed by atoms with Crippen molar-refractivity contribution in [3.05, 3.63) is 41.5 Å². The van der Waals surface area contributed by atoms with Gasteiger partial charge in [0.05, 0.1) is 10.4 Å². The lowest BCUT2D eigenvalue weighted by Gasteiger charge is -1.99. The number of nitrogens with two attached hydrogens (primary N) is 1. The fourth-order valence-electron chi connectivity index (χ4n) is 1.95. The van der Waals surface area contributed by atoms with Gasteiger partial charge >= 0.3 is 0 Å². The molecule has 3 rings (SSSR count). The molecule has 3 aromatic heterocycles. The number of pyridine rings is 1. The molecule has 0 aliphatic heterocycles. The van der Waals surface area contributed by atoms with Gasteiger partial charge in [0.1, 0.15) is 0 Å². The number of rotatable bonds is 3. The van der Waals surface area contributed by atoms with E-state index in [2.05, 4.69) is 23.1 Å². The Balaban J connectivity index is 2.13. The number of nitrogen functional groups attached to an aromatic ring is 1. The molecular formula is C14H13N3OS. The molecule has 0 aliphatic rings. The van der Waals surface area contributed by atoms with Crippen LogP contribution in [0.3, 0.4) is 0 Å². The van der Waals surface area contributed by atoms with Crippen molar-refractivity contribution >= 4 is 17.2 Å². The topological polar surface area (TPSA) is 64.9 Å². The lowest BCUT2D eigenvalue weighted by Crippen LogP contribution is -1.88. The zero-order chi connectivity index (χ0) is 13.2. The molecule has 0 bridgehead atoms. The van der Waals surface area contributed by atoms with Crippen LogP contribution < -0.4 is 5.73 Å². The van der Waals surface area contributed by atoms with E-state index in [1.165, 1.54) is 4.88 Å². The predicted octanol–water partition coefficient (Wildman–Crippen LogP) is 3.61. The highest BCUT2D eigenvalue weighted by Gasteiger charge is 2.19. The Morgan fingerprint density at radius 1 is 1.32 bits per heavy atom. The normalized spacial score (nSPS) is 10.8. The summed E-state index contributed by atoms with van der Waals surface area (Å²) in [5, 5.41) is 3.89. The maximum Gasteiger partial charge on any atom is 0.186 e. The summed E-state index contributed by atoms with van der Waals surface area (Å²) in [5.74, 6) is 1.12. The Morgan fingerprint density at radius 3 is 2.89 bits per heavy atom. The second-order valence-corrected chi connectivity index (χ2v) is 5.30. The van der Waals surface area contributed by atoms with Gasteiger partial charge in [-0.3, -0.25) is 4.98 Å². The smallest absolute Gasteiger partial charge is 0.186 e. The molecule has 3 aromatic rings. The highest BCUT2D eigenvalue weighted by molar-refractivity contribution is 7.15. The SMILES string of the molecule is CCc1ccc(-c2onc(N)c2-c2cccnc2)s1. The van der Waals surface area contributed by atoms with E-state index in [9.17, 15) is 0 Å². The van der Waals surface area contributed by atoms with E-state index >= 15 is 0 Å². The molecule has 19 heavy (non-hydrogen) atoms. The summed E-state index contributed by atoms with van der Waals surface area (Å²) in [4.78, 5) is 6.47. The Labute approximate surface area is 114 Å². The molecule has 0 atom stereocenters. The quantitative estimate of drug-likeness (QED) is 0.790. The van der Waals surface area contributed by atoms with Gasteiger partial charge in [0.2, 0.25) is 0 Å². The number of aryl methyl sites for hydroxylation is 1. The highest BCUT2D eigenvalue weighted by Crippen LogP contribution is 2.39. The van der Waals surface area contributed by atoms with Gasteiger partial charge < -0.3 is 10.3 Å². The minimum atomic E-state index is 0.398. The first-order valence-corrected chi connectivity index (χ1v) is 6.86. The zero-order valence-electron chi connectivity index (χ0n) is 10.5. The minimum Gasteiger partial charge on any atom is -0.380 e. The first-order valence-electron chi connectivity index (χ1n) is 6.04. The third kappa shape index (κ3) is 2.13. The fourth-order valence-corrected chi connectivity index (χ4v) is 2.88. The molecule has 0 saturated carbocycles. The summed E-state index contributed by atoms with van der Waals surface area (Å²) in [6.07, 6.45) is 4.50. The largest absolute Gasteiger partial charge is 0.380 e. The minimum absolute atomic E-state index is 0.398. The Kier molecular flexibility index (Phi) is 3.05. The Bertz CT molecular complexity index is 688. The first-order chi connectivity index (χ1) is 9.29. The molecule has 0 radical (unpaired) electrons. The average molecular weight is 271 g/mol. The van der Waals surface area contributed by atoms with Crippen LogP contribution in [0, 0.1) is 0 Å². The number of thiophene rings is 1. The van der Waals surface area contributed by atoms with Crippen molar-refractivity contribution in [2.24, 2.45) is 0 Å². The van der Waals surface area contributed by atoms with Gasteiger partial charge in [-0.2, -0.15) is 0 Å². The van der Waals surface area contributed by atoms with Gasteiger partial charge in [-0.05, 0) is 24.6 Å². The first kappa shape index (κ1) is 11.9. The molecule has 96 valence electrons. The third-order valence-electron chi connectivity index (χ3n) is 2.90. The maximum atomic E-state index is 5.92. The summed E-state index contributed by atoms with van der Waals surface area (Å²) in [5.41, 5.74) is 7.66. The standard InChI is InChI=1S/C14H13N3OS/c1-2-10-5-6-11(19-10)13-12(14(15)17-18-13)9-4-3-7-16-8-9/h3-8H,2H2,1H3,(H2,15,17). The Hall–Kier alpha value is -2.14. The lowest BCUT2D eigenvalue weighted by molar-refractivity contribution is 0.437. The van der Waals surface area contributed by atoms with Crippen molar-refractivity contribution in [3.63, 3.8) is 0 Å². The highest BCUT2D eigenvalue weighted by atomic mass is 32.1. The molecule has 5 heteroatoms. The summed E-state index contributed by atoms with van der Waals surface area (Å²) >= 11 is 1.70. The van der Waals surface area contributed by atoms with E-state index < -0.39 is 0 Å². The van der Waals surface area contributed by atoms with Crippen LogP contribution in [0.4, 0.5) is 5.82 Å². The van der Waals surface area contributed by atoms with E-state index in [-0.39, 0.29) is 0 Å². The van der Waals surface area contributed by atoms with Crippen LogP contribution >= 0.6 is 11.3 Å². The molecule has 0 amide bonds. The fraction of sp³-hybridized carbons (Fsp3) is 0.143. The number of anilines is 1. The second-order valence-electron chi connectivity index (χ2n) is 4.13. The van der Waals surface area contributed by atoms with E-state index in [0.717, 1.165) is 28.2 Å². The van der Waals surface area contributed by atoms with Crippen LogP contribution in [0.2, 0.25) is 0 Å². The number of aromatic nitrogens is 2.